The van der Waals surface area contributed by atoms with Crippen molar-refractivity contribution in [2.75, 3.05) is 13.6 Å². The number of rotatable bonds is 3. The lowest BCUT2D eigenvalue weighted by Crippen LogP contribution is -2.37. The zero-order valence-corrected chi connectivity index (χ0v) is 10.1. The average molecular weight is 237 g/mol. The molecule has 0 atom stereocenters. The van der Waals surface area contributed by atoms with Crippen LogP contribution in [0.1, 0.15) is 0 Å². The van der Waals surface area contributed by atoms with Crippen molar-refractivity contribution in [2.45, 2.75) is 6.54 Å². The number of nitrogens with zero attached hydrogens (tertiary/aromatic N) is 4. The van der Waals surface area contributed by atoms with E-state index in [1.165, 1.54) is 11.6 Å². The third-order valence-electron chi connectivity index (χ3n) is 2.82. The number of aromatic nitrogens is 4. The van der Waals surface area contributed by atoms with Crippen LogP contribution in [0.25, 0.3) is 11.2 Å². The standard InChI is InChI=1S/C10H15N5O2/c1-11-4-5-15-6-12-8-7(15)9(16)14(3)10(17)13(8)2/h6,11H,4-5H2,1-3H3. The van der Waals surface area contributed by atoms with E-state index in [0.29, 0.717) is 17.7 Å². The van der Waals surface area contributed by atoms with Crippen molar-refractivity contribution in [1.29, 1.82) is 0 Å². The third kappa shape index (κ3) is 1.68. The van der Waals surface area contributed by atoms with Gasteiger partial charge in [0, 0.05) is 27.2 Å². The molecule has 2 rings (SSSR count). The Morgan fingerprint density at radius 2 is 2.00 bits per heavy atom. The molecule has 92 valence electrons. The van der Waals surface area contributed by atoms with Crippen molar-refractivity contribution in [1.82, 2.24) is 24.0 Å². The van der Waals surface area contributed by atoms with E-state index in [0.717, 1.165) is 11.1 Å². The van der Waals surface area contributed by atoms with Crippen molar-refractivity contribution in [3.8, 4) is 0 Å². The fourth-order valence-corrected chi connectivity index (χ4v) is 1.80. The van der Waals surface area contributed by atoms with Crippen LogP contribution in [0, 0.1) is 0 Å². The summed E-state index contributed by atoms with van der Waals surface area (Å²) in [4.78, 5) is 27.8. The predicted octanol–water partition coefficient (Wildman–Crippen LogP) is -1.35. The van der Waals surface area contributed by atoms with E-state index < -0.39 is 0 Å². The van der Waals surface area contributed by atoms with Crippen LogP contribution in [0.3, 0.4) is 0 Å². The monoisotopic (exact) mass is 237 g/mol. The van der Waals surface area contributed by atoms with Crippen LogP contribution in [0.4, 0.5) is 0 Å². The minimum Gasteiger partial charge on any atom is -0.323 e. The first-order chi connectivity index (χ1) is 8.07. The van der Waals surface area contributed by atoms with Gasteiger partial charge < -0.3 is 9.88 Å². The highest BCUT2D eigenvalue weighted by Gasteiger charge is 2.13. The summed E-state index contributed by atoms with van der Waals surface area (Å²) in [6.45, 7) is 1.37. The highest BCUT2D eigenvalue weighted by molar-refractivity contribution is 5.69. The number of hydrogen-bond donors (Lipinski definition) is 1. The molecule has 0 spiro atoms. The van der Waals surface area contributed by atoms with E-state index in [4.69, 9.17) is 0 Å². The molecule has 17 heavy (non-hydrogen) atoms. The first-order valence-corrected chi connectivity index (χ1v) is 5.33. The molecule has 1 N–H and O–H groups in total. The second kappa shape index (κ2) is 4.17. The first kappa shape index (κ1) is 11.6. The van der Waals surface area contributed by atoms with Gasteiger partial charge >= 0.3 is 5.69 Å². The fourth-order valence-electron chi connectivity index (χ4n) is 1.80. The summed E-state index contributed by atoms with van der Waals surface area (Å²) in [7, 11) is 4.92. The van der Waals surface area contributed by atoms with Gasteiger partial charge in [-0.15, -0.1) is 0 Å². The Labute approximate surface area is 97.3 Å². The van der Waals surface area contributed by atoms with Crippen LogP contribution in [0.5, 0.6) is 0 Å². The van der Waals surface area contributed by atoms with Crippen molar-refractivity contribution >= 4 is 11.2 Å². The maximum absolute atomic E-state index is 12.0. The molecule has 0 aliphatic heterocycles. The molecule has 0 amide bonds. The maximum atomic E-state index is 12.0. The molecular formula is C10H15N5O2. The number of imidazole rings is 1. The summed E-state index contributed by atoms with van der Waals surface area (Å²) < 4.78 is 4.24. The molecule has 2 heterocycles. The Morgan fingerprint density at radius 3 is 2.65 bits per heavy atom. The zero-order chi connectivity index (χ0) is 12.6. The molecule has 0 fully saturated rings. The molecule has 0 bridgehead atoms. The molecule has 0 saturated carbocycles. The lowest BCUT2D eigenvalue weighted by atomic mass is 10.5. The molecule has 2 aromatic heterocycles. The number of aryl methyl sites for hydroxylation is 1. The summed E-state index contributed by atoms with van der Waals surface area (Å²) in [5.41, 5.74) is 0.220. The van der Waals surface area contributed by atoms with Gasteiger partial charge in [0.2, 0.25) is 0 Å². The van der Waals surface area contributed by atoms with Crippen LogP contribution >= 0.6 is 0 Å². The minimum absolute atomic E-state index is 0.309. The molecule has 0 aliphatic rings. The minimum atomic E-state index is -0.360. The SMILES string of the molecule is CNCCn1cnc2c1c(=O)n(C)c(=O)n2C. The summed E-state index contributed by atoms with van der Waals surface area (Å²) in [6, 6.07) is 0. The van der Waals surface area contributed by atoms with Crippen LogP contribution in [0.15, 0.2) is 15.9 Å². The van der Waals surface area contributed by atoms with Gasteiger partial charge in [-0.3, -0.25) is 13.9 Å². The van der Waals surface area contributed by atoms with E-state index in [9.17, 15) is 9.59 Å². The van der Waals surface area contributed by atoms with E-state index >= 15 is 0 Å². The van der Waals surface area contributed by atoms with E-state index in [2.05, 4.69) is 10.3 Å². The van der Waals surface area contributed by atoms with Gasteiger partial charge in [-0.05, 0) is 7.05 Å². The largest absolute Gasteiger partial charge is 0.332 e. The third-order valence-corrected chi connectivity index (χ3v) is 2.82. The van der Waals surface area contributed by atoms with Crippen LogP contribution in [-0.2, 0) is 20.6 Å². The fraction of sp³-hybridized carbons (Fsp3) is 0.500. The Morgan fingerprint density at radius 1 is 1.29 bits per heavy atom. The van der Waals surface area contributed by atoms with Crippen LogP contribution in [-0.4, -0.2) is 32.3 Å². The number of nitrogens with one attached hydrogen (secondary N) is 1. The quantitative estimate of drug-likeness (QED) is 0.716. The highest BCUT2D eigenvalue weighted by atomic mass is 16.2. The van der Waals surface area contributed by atoms with Gasteiger partial charge in [-0.2, -0.15) is 0 Å². The summed E-state index contributed by atoms with van der Waals surface area (Å²) >= 11 is 0. The molecule has 7 heteroatoms. The topological polar surface area (TPSA) is 73.8 Å². The van der Waals surface area contributed by atoms with Crippen molar-refractivity contribution in [2.24, 2.45) is 14.1 Å². The van der Waals surface area contributed by atoms with Crippen molar-refractivity contribution in [3.63, 3.8) is 0 Å². The lowest BCUT2D eigenvalue weighted by molar-refractivity contribution is 0.649. The van der Waals surface area contributed by atoms with Crippen LogP contribution in [0.2, 0.25) is 0 Å². The normalized spacial score (nSPS) is 11.2. The van der Waals surface area contributed by atoms with Crippen molar-refractivity contribution < 1.29 is 0 Å². The maximum Gasteiger partial charge on any atom is 0.332 e. The van der Waals surface area contributed by atoms with Crippen molar-refractivity contribution in [3.05, 3.63) is 27.2 Å². The highest BCUT2D eigenvalue weighted by Crippen LogP contribution is 2.04. The molecule has 0 radical (unpaired) electrons. The Bertz CT molecular complexity index is 664. The zero-order valence-electron chi connectivity index (χ0n) is 10.1. The molecule has 0 saturated heterocycles. The number of fused-ring (bicyclic) bond motifs is 1. The molecule has 0 unspecified atom stereocenters. The second-order valence-corrected chi connectivity index (χ2v) is 3.92. The number of hydrogen-bond acceptors (Lipinski definition) is 4. The summed E-state index contributed by atoms with van der Waals surface area (Å²) in [5, 5.41) is 3.00. The predicted molar refractivity (Wildman–Crippen MR) is 64.1 cm³/mol. The summed E-state index contributed by atoms with van der Waals surface area (Å²) in [5.74, 6) is 0. The lowest BCUT2D eigenvalue weighted by Gasteiger charge is -2.06. The number of likely N-dealkylation sites (N-methyl/N-ethyl adjacent to an activating group) is 1. The smallest absolute Gasteiger partial charge is 0.323 e. The average Bonchev–Trinajstić information content (AvgIpc) is 2.75. The van der Waals surface area contributed by atoms with E-state index in [1.807, 2.05) is 7.05 Å². The molecule has 7 nitrogen and oxygen atoms in total. The summed E-state index contributed by atoms with van der Waals surface area (Å²) in [6.07, 6.45) is 1.59. The molecule has 2 aromatic rings. The van der Waals surface area contributed by atoms with Gasteiger partial charge in [-0.25, -0.2) is 9.78 Å². The molecule has 0 aliphatic carbocycles. The first-order valence-electron chi connectivity index (χ1n) is 5.33. The van der Waals surface area contributed by atoms with Gasteiger partial charge in [0.15, 0.2) is 11.2 Å². The van der Waals surface area contributed by atoms with Gasteiger partial charge in [0.05, 0.1) is 6.33 Å². The van der Waals surface area contributed by atoms with Crippen LogP contribution < -0.4 is 16.6 Å². The molecular weight excluding hydrogens is 222 g/mol. The van der Waals surface area contributed by atoms with Gasteiger partial charge in [0.1, 0.15) is 0 Å². The van der Waals surface area contributed by atoms with E-state index in [-0.39, 0.29) is 11.2 Å². The van der Waals surface area contributed by atoms with Gasteiger partial charge in [-0.1, -0.05) is 0 Å². The molecule has 0 aromatic carbocycles. The second-order valence-electron chi connectivity index (χ2n) is 3.92. The Kier molecular flexibility index (Phi) is 2.84. The van der Waals surface area contributed by atoms with E-state index in [1.54, 1.807) is 17.9 Å². The Hall–Kier alpha value is -1.89. The Balaban J connectivity index is 2.77. The van der Waals surface area contributed by atoms with Gasteiger partial charge in [0.25, 0.3) is 5.56 Å².